The number of benzene rings is 1. The Morgan fingerprint density at radius 3 is 2.50 bits per heavy atom. The highest BCUT2D eigenvalue weighted by molar-refractivity contribution is 5.71. The number of hydrogen-bond acceptors (Lipinski definition) is 3. The Balaban J connectivity index is 2.66. The standard InChI is InChI=1S/C15H23NO2/c1-11-8-13(15(2,3)4)7-6-12(11)9-16-10-14(17)18-5/h6-8,16H,9-10H2,1-5H3. The maximum Gasteiger partial charge on any atom is 0.319 e. The summed E-state index contributed by atoms with van der Waals surface area (Å²) in [7, 11) is 1.40. The van der Waals surface area contributed by atoms with Gasteiger partial charge in [-0.25, -0.2) is 0 Å². The second kappa shape index (κ2) is 6.01. The number of nitrogens with one attached hydrogen (secondary N) is 1. The van der Waals surface area contributed by atoms with E-state index in [0.717, 1.165) is 0 Å². The molecule has 0 unspecified atom stereocenters. The Labute approximate surface area is 110 Å². The summed E-state index contributed by atoms with van der Waals surface area (Å²) in [5.74, 6) is -0.237. The molecule has 0 aromatic heterocycles. The Hall–Kier alpha value is -1.35. The molecule has 1 N–H and O–H groups in total. The van der Waals surface area contributed by atoms with Crippen LogP contribution in [0.3, 0.4) is 0 Å². The average Bonchev–Trinajstić information content (AvgIpc) is 2.29. The molecule has 1 rings (SSSR count). The van der Waals surface area contributed by atoms with Crippen LogP contribution in [-0.4, -0.2) is 19.6 Å². The summed E-state index contributed by atoms with van der Waals surface area (Å²) in [6.07, 6.45) is 0. The number of carbonyl (C=O) groups excluding carboxylic acids is 1. The molecule has 0 radical (unpaired) electrons. The first-order chi connectivity index (χ1) is 8.34. The molecule has 3 nitrogen and oxygen atoms in total. The summed E-state index contributed by atoms with van der Waals surface area (Å²) in [5.41, 5.74) is 3.96. The highest BCUT2D eigenvalue weighted by Crippen LogP contribution is 2.24. The Morgan fingerprint density at radius 2 is 2.00 bits per heavy atom. The van der Waals surface area contributed by atoms with E-state index in [2.05, 4.69) is 55.9 Å². The number of esters is 1. The monoisotopic (exact) mass is 249 g/mol. The van der Waals surface area contributed by atoms with E-state index in [1.807, 2.05) is 0 Å². The van der Waals surface area contributed by atoms with Gasteiger partial charge < -0.3 is 10.1 Å². The van der Waals surface area contributed by atoms with E-state index >= 15 is 0 Å². The molecule has 0 bridgehead atoms. The molecule has 0 aliphatic rings. The summed E-state index contributed by atoms with van der Waals surface area (Å²) < 4.78 is 4.58. The Kier molecular flexibility index (Phi) is 4.91. The minimum Gasteiger partial charge on any atom is -0.468 e. The molecular formula is C15H23NO2. The molecule has 0 atom stereocenters. The van der Waals surface area contributed by atoms with Crippen molar-refractivity contribution in [1.82, 2.24) is 5.32 Å². The average molecular weight is 249 g/mol. The molecule has 0 spiro atoms. The predicted molar refractivity (Wildman–Crippen MR) is 73.6 cm³/mol. The quantitative estimate of drug-likeness (QED) is 0.833. The van der Waals surface area contributed by atoms with Crippen molar-refractivity contribution in [2.75, 3.05) is 13.7 Å². The zero-order chi connectivity index (χ0) is 13.8. The van der Waals surface area contributed by atoms with E-state index < -0.39 is 0 Å². The molecule has 0 fully saturated rings. The van der Waals surface area contributed by atoms with E-state index in [1.54, 1.807) is 0 Å². The summed E-state index contributed by atoms with van der Waals surface area (Å²) in [5, 5.41) is 3.08. The van der Waals surface area contributed by atoms with Gasteiger partial charge in [-0.3, -0.25) is 4.79 Å². The van der Waals surface area contributed by atoms with Crippen LogP contribution in [0.1, 0.15) is 37.5 Å². The van der Waals surface area contributed by atoms with E-state index in [4.69, 9.17) is 0 Å². The fraction of sp³-hybridized carbons (Fsp3) is 0.533. The molecule has 0 saturated carbocycles. The van der Waals surface area contributed by atoms with Crippen LogP contribution < -0.4 is 5.32 Å². The number of hydrogen-bond donors (Lipinski definition) is 1. The van der Waals surface area contributed by atoms with Crippen LogP contribution in [0.4, 0.5) is 0 Å². The Bertz CT molecular complexity index is 419. The van der Waals surface area contributed by atoms with Gasteiger partial charge in [0.1, 0.15) is 0 Å². The van der Waals surface area contributed by atoms with E-state index in [-0.39, 0.29) is 17.9 Å². The van der Waals surface area contributed by atoms with Gasteiger partial charge in [0.15, 0.2) is 0 Å². The third-order valence-corrected chi connectivity index (χ3v) is 3.02. The van der Waals surface area contributed by atoms with Crippen molar-refractivity contribution in [2.24, 2.45) is 0 Å². The van der Waals surface area contributed by atoms with Gasteiger partial charge in [-0.1, -0.05) is 39.0 Å². The minimum atomic E-state index is -0.237. The molecular weight excluding hydrogens is 226 g/mol. The summed E-state index contributed by atoms with van der Waals surface area (Å²) >= 11 is 0. The second-order valence-electron chi connectivity index (χ2n) is 5.57. The van der Waals surface area contributed by atoms with Gasteiger partial charge in [-0.15, -0.1) is 0 Å². The van der Waals surface area contributed by atoms with Crippen molar-refractivity contribution in [3.8, 4) is 0 Å². The lowest BCUT2D eigenvalue weighted by molar-refractivity contribution is -0.139. The molecule has 3 heteroatoms. The first-order valence-electron chi connectivity index (χ1n) is 6.22. The van der Waals surface area contributed by atoms with Crippen LogP contribution >= 0.6 is 0 Å². The van der Waals surface area contributed by atoms with Gasteiger partial charge in [-0.2, -0.15) is 0 Å². The van der Waals surface area contributed by atoms with Crippen LogP contribution in [0.25, 0.3) is 0 Å². The third-order valence-electron chi connectivity index (χ3n) is 3.02. The summed E-state index contributed by atoms with van der Waals surface area (Å²) in [6, 6.07) is 6.50. The molecule has 0 saturated heterocycles. The van der Waals surface area contributed by atoms with Crippen molar-refractivity contribution in [3.05, 3.63) is 34.9 Å². The van der Waals surface area contributed by atoms with Gasteiger partial charge in [0.05, 0.1) is 13.7 Å². The number of aryl methyl sites for hydroxylation is 1. The Morgan fingerprint density at radius 1 is 1.33 bits per heavy atom. The number of methoxy groups -OCH3 is 1. The fourth-order valence-electron chi connectivity index (χ4n) is 1.73. The molecule has 1 aromatic carbocycles. The third kappa shape index (κ3) is 4.15. The first kappa shape index (κ1) is 14.7. The smallest absolute Gasteiger partial charge is 0.319 e. The van der Waals surface area contributed by atoms with Gasteiger partial charge in [0.25, 0.3) is 0 Å². The molecule has 0 aliphatic carbocycles. The fourth-order valence-corrected chi connectivity index (χ4v) is 1.73. The van der Waals surface area contributed by atoms with Crippen molar-refractivity contribution < 1.29 is 9.53 Å². The number of ether oxygens (including phenoxy) is 1. The van der Waals surface area contributed by atoms with E-state index in [1.165, 1.54) is 23.8 Å². The maximum atomic E-state index is 11.0. The van der Waals surface area contributed by atoms with Crippen LogP contribution in [0.2, 0.25) is 0 Å². The molecule has 0 amide bonds. The normalized spacial score (nSPS) is 11.4. The largest absolute Gasteiger partial charge is 0.468 e. The zero-order valence-corrected chi connectivity index (χ0v) is 12.0. The molecule has 18 heavy (non-hydrogen) atoms. The number of carbonyl (C=O) groups is 1. The molecule has 1 aromatic rings. The number of rotatable bonds is 4. The van der Waals surface area contributed by atoms with Crippen LogP contribution in [-0.2, 0) is 21.5 Å². The van der Waals surface area contributed by atoms with Gasteiger partial charge in [0, 0.05) is 6.54 Å². The van der Waals surface area contributed by atoms with Crippen molar-refractivity contribution in [2.45, 2.75) is 39.7 Å². The maximum absolute atomic E-state index is 11.0. The van der Waals surface area contributed by atoms with Gasteiger partial charge >= 0.3 is 5.97 Å². The lowest BCUT2D eigenvalue weighted by atomic mass is 9.85. The molecule has 100 valence electrons. The van der Waals surface area contributed by atoms with Crippen LogP contribution in [0.5, 0.6) is 0 Å². The van der Waals surface area contributed by atoms with Crippen molar-refractivity contribution >= 4 is 5.97 Å². The molecule has 0 heterocycles. The summed E-state index contributed by atoms with van der Waals surface area (Å²) in [4.78, 5) is 11.0. The lowest BCUT2D eigenvalue weighted by Crippen LogP contribution is -2.23. The second-order valence-corrected chi connectivity index (χ2v) is 5.57. The summed E-state index contributed by atoms with van der Waals surface area (Å²) in [6.45, 7) is 9.65. The zero-order valence-electron chi connectivity index (χ0n) is 12.0. The molecule has 0 aliphatic heterocycles. The van der Waals surface area contributed by atoms with E-state index in [9.17, 15) is 4.79 Å². The lowest BCUT2D eigenvalue weighted by Gasteiger charge is -2.20. The van der Waals surface area contributed by atoms with Crippen LogP contribution in [0.15, 0.2) is 18.2 Å². The predicted octanol–water partition coefficient (Wildman–Crippen LogP) is 2.56. The minimum absolute atomic E-state index is 0.169. The highest BCUT2D eigenvalue weighted by atomic mass is 16.5. The first-order valence-corrected chi connectivity index (χ1v) is 6.22. The van der Waals surface area contributed by atoms with Crippen molar-refractivity contribution in [1.29, 1.82) is 0 Å². The van der Waals surface area contributed by atoms with Gasteiger partial charge in [0.2, 0.25) is 0 Å². The van der Waals surface area contributed by atoms with Crippen molar-refractivity contribution in [3.63, 3.8) is 0 Å². The topological polar surface area (TPSA) is 38.3 Å². The van der Waals surface area contributed by atoms with Crippen LogP contribution in [0, 0.1) is 6.92 Å². The van der Waals surface area contributed by atoms with Gasteiger partial charge in [-0.05, 0) is 29.0 Å². The highest BCUT2D eigenvalue weighted by Gasteiger charge is 2.14. The van der Waals surface area contributed by atoms with E-state index in [0.29, 0.717) is 6.54 Å². The SMILES string of the molecule is COC(=O)CNCc1ccc(C(C)(C)C)cc1C.